The molecular weight excluding hydrogens is 464 g/mol. The molecule has 0 bridgehead atoms. The van der Waals surface area contributed by atoms with Gasteiger partial charge in [-0.2, -0.15) is 0 Å². The van der Waals surface area contributed by atoms with Crippen molar-refractivity contribution in [2.24, 2.45) is 17.4 Å². The maximum Gasteiger partial charge on any atom is 0.305 e. The molecule has 0 fully saturated rings. The van der Waals surface area contributed by atoms with Gasteiger partial charge in [-0.1, -0.05) is 13.8 Å². The Bertz CT molecular complexity index is 801. The monoisotopic (exact) mass is 500 g/mol. The molecule has 14 nitrogen and oxygen atoms in total. The summed E-state index contributed by atoms with van der Waals surface area (Å²) in [5, 5.41) is 18.5. The van der Waals surface area contributed by atoms with Crippen LogP contribution in [0.25, 0.3) is 0 Å². The van der Waals surface area contributed by atoms with E-state index in [1.807, 2.05) is 13.8 Å². The summed E-state index contributed by atoms with van der Waals surface area (Å²) in [5.41, 5.74) is 10.7. The van der Waals surface area contributed by atoms with Crippen molar-refractivity contribution in [1.82, 2.24) is 21.3 Å². The van der Waals surface area contributed by atoms with E-state index >= 15 is 0 Å². The van der Waals surface area contributed by atoms with Crippen LogP contribution in [0.5, 0.6) is 0 Å². The largest absolute Gasteiger partial charge is 0.481 e. The molecule has 0 rings (SSSR count). The first-order valence-corrected chi connectivity index (χ1v) is 11.1. The predicted molar refractivity (Wildman–Crippen MR) is 123 cm³/mol. The fourth-order valence-electron chi connectivity index (χ4n) is 2.85. The van der Waals surface area contributed by atoms with Crippen molar-refractivity contribution < 1.29 is 38.7 Å². The van der Waals surface area contributed by atoms with Crippen molar-refractivity contribution in [2.45, 2.75) is 83.6 Å². The second-order valence-electron chi connectivity index (χ2n) is 8.64. The number of primary amides is 1. The van der Waals surface area contributed by atoms with Gasteiger partial charge in [-0.25, -0.2) is 0 Å². The maximum absolute atomic E-state index is 12.9. The van der Waals surface area contributed by atoms with Crippen LogP contribution in [0.4, 0.5) is 0 Å². The van der Waals surface area contributed by atoms with E-state index in [4.69, 9.17) is 16.6 Å². The average molecular weight is 501 g/mol. The summed E-state index contributed by atoms with van der Waals surface area (Å²) in [6, 6.07) is -5.84. The molecule has 0 saturated heterocycles. The highest BCUT2D eigenvalue weighted by atomic mass is 16.4. The van der Waals surface area contributed by atoms with E-state index in [1.165, 1.54) is 13.8 Å². The number of carbonyl (C=O) groups is 7. The molecule has 0 heterocycles. The Hall–Kier alpha value is -3.55. The minimum absolute atomic E-state index is 0.0273. The van der Waals surface area contributed by atoms with Gasteiger partial charge in [0.1, 0.15) is 24.4 Å². The number of nitrogens with one attached hydrogen (secondary N) is 4. The Kier molecular flexibility index (Phi) is 13.8. The molecule has 0 aromatic carbocycles. The van der Waals surface area contributed by atoms with E-state index in [1.54, 1.807) is 0 Å². The van der Waals surface area contributed by atoms with Gasteiger partial charge in [0, 0.05) is 6.42 Å². The third-order valence-corrected chi connectivity index (χ3v) is 4.65. The van der Waals surface area contributed by atoms with Crippen LogP contribution in [-0.2, 0) is 33.6 Å². The van der Waals surface area contributed by atoms with Crippen molar-refractivity contribution in [1.29, 1.82) is 0 Å². The molecule has 0 aliphatic heterocycles. The number of carboxylic acid groups (broad SMARTS) is 1. The summed E-state index contributed by atoms with van der Waals surface area (Å²) in [7, 11) is 0. The predicted octanol–water partition coefficient (Wildman–Crippen LogP) is -2.72. The standard InChI is InChI=1S/C21H36N6O8/c1-10(2)7-14(26-18(32)12(4)22)21(35)25-13(5-6-16(23)29)19(33)27-15(8-17(30)31)20(34)24-11(3)9-28/h9-15H,5-8,22H2,1-4H3,(H2,23,29)(H,24,34)(H,25,35)(H,26,32)(H,27,33)(H,30,31)/t11-,12-,13-,14-,15-/m0/s1. The number of amides is 5. The summed E-state index contributed by atoms with van der Waals surface area (Å²) in [4.78, 5) is 83.4. The molecule has 0 aromatic rings. The number of nitrogens with two attached hydrogens (primary N) is 2. The van der Waals surface area contributed by atoms with Crippen LogP contribution in [0.3, 0.4) is 0 Å². The molecule has 0 aromatic heterocycles. The van der Waals surface area contributed by atoms with Gasteiger partial charge < -0.3 is 42.6 Å². The van der Waals surface area contributed by atoms with Gasteiger partial charge in [-0.05, 0) is 32.6 Å². The topological polar surface area (TPSA) is 240 Å². The van der Waals surface area contributed by atoms with E-state index in [0.717, 1.165) is 0 Å². The van der Waals surface area contributed by atoms with E-state index in [2.05, 4.69) is 21.3 Å². The highest BCUT2D eigenvalue weighted by molar-refractivity contribution is 5.96. The van der Waals surface area contributed by atoms with Crippen LogP contribution >= 0.6 is 0 Å². The highest BCUT2D eigenvalue weighted by Crippen LogP contribution is 2.08. The van der Waals surface area contributed by atoms with E-state index in [-0.39, 0.29) is 25.2 Å². The van der Waals surface area contributed by atoms with Crippen molar-refractivity contribution in [3.05, 3.63) is 0 Å². The van der Waals surface area contributed by atoms with E-state index in [0.29, 0.717) is 6.29 Å². The van der Waals surface area contributed by atoms with Crippen molar-refractivity contribution in [3.8, 4) is 0 Å². The lowest BCUT2D eigenvalue weighted by Gasteiger charge is -2.26. The number of carboxylic acids is 1. The van der Waals surface area contributed by atoms with Gasteiger partial charge in [0.25, 0.3) is 0 Å². The van der Waals surface area contributed by atoms with Crippen molar-refractivity contribution >= 4 is 41.8 Å². The van der Waals surface area contributed by atoms with Crippen LogP contribution in [0.15, 0.2) is 0 Å². The van der Waals surface area contributed by atoms with Gasteiger partial charge in [0.2, 0.25) is 29.5 Å². The lowest BCUT2D eigenvalue weighted by atomic mass is 10.0. The zero-order valence-electron chi connectivity index (χ0n) is 20.3. The smallest absolute Gasteiger partial charge is 0.305 e. The van der Waals surface area contributed by atoms with Crippen LogP contribution in [0, 0.1) is 5.92 Å². The molecular formula is C21H36N6O8. The molecule has 0 aliphatic carbocycles. The molecule has 14 heteroatoms. The lowest BCUT2D eigenvalue weighted by Crippen LogP contribution is -2.58. The van der Waals surface area contributed by atoms with E-state index in [9.17, 15) is 33.6 Å². The van der Waals surface area contributed by atoms with Crippen LogP contribution < -0.4 is 32.7 Å². The Morgan fingerprint density at radius 3 is 1.74 bits per heavy atom. The van der Waals surface area contributed by atoms with Crippen LogP contribution in [0.1, 0.15) is 53.4 Å². The Morgan fingerprint density at radius 2 is 1.29 bits per heavy atom. The number of aldehydes is 1. The second kappa shape index (κ2) is 15.4. The molecule has 5 amide bonds. The lowest BCUT2D eigenvalue weighted by molar-refractivity contribution is -0.141. The minimum Gasteiger partial charge on any atom is -0.481 e. The molecule has 0 aliphatic rings. The van der Waals surface area contributed by atoms with E-state index < -0.39 is 72.1 Å². The van der Waals surface area contributed by atoms with Gasteiger partial charge in [0.05, 0.1) is 18.5 Å². The van der Waals surface area contributed by atoms with Crippen molar-refractivity contribution in [2.75, 3.05) is 0 Å². The summed E-state index contributed by atoms with van der Waals surface area (Å²) < 4.78 is 0. The summed E-state index contributed by atoms with van der Waals surface area (Å²) in [6.45, 7) is 6.41. The normalized spacial score (nSPS) is 15.0. The molecule has 0 spiro atoms. The SMILES string of the molecule is CC(C)C[C@H](NC(=O)[C@H](C)N)C(=O)N[C@@H](CCC(N)=O)C(=O)N[C@@H](CC(=O)O)C(=O)N[C@@H](C)C=O. The van der Waals surface area contributed by atoms with Gasteiger partial charge in [0.15, 0.2) is 0 Å². The third kappa shape index (κ3) is 13.1. The Morgan fingerprint density at radius 1 is 0.800 bits per heavy atom. The number of rotatable bonds is 16. The highest BCUT2D eigenvalue weighted by Gasteiger charge is 2.31. The molecule has 198 valence electrons. The Balaban J connectivity index is 5.73. The van der Waals surface area contributed by atoms with Gasteiger partial charge >= 0.3 is 5.97 Å². The maximum atomic E-state index is 12.9. The Labute approximate surface area is 203 Å². The third-order valence-electron chi connectivity index (χ3n) is 4.65. The summed E-state index contributed by atoms with van der Waals surface area (Å²) in [5.74, 6) is -5.42. The summed E-state index contributed by atoms with van der Waals surface area (Å²) in [6.07, 6.45) is -0.743. The summed E-state index contributed by atoms with van der Waals surface area (Å²) >= 11 is 0. The number of hydrogen-bond acceptors (Lipinski definition) is 8. The fraction of sp³-hybridized carbons (Fsp3) is 0.667. The first kappa shape index (κ1) is 31.4. The second-order valence-corrected chi connectivity index (χ2v) is 8.64. The van der Waals surface area contributed by atoms with Crippen molar-refractivity contribution in [3.63, 3.8) is 0 Å². The zero-order valence-corrected chi connectivity index (χ0v) is 20.3. The van der Waals surface area contributed by atoms with Gasteiger partial charge in [-0.3, -0.25) is 28.8 Å². The molecule has 35 heavy (non-hydrogen) atoms. The quantitative estimate of drug-likeness (QED) is 0.109. The zero-order chi connectivity index (χ0) is 27.3. The number of hydrogen-bond donors (Lipinski definition) is 7. The average Bonchev–Trinajstić information content (AvgIpc) is 2.74. The first-order valence-electron chi connectivity index (χ1n) is 11.1. The molecule has 5 atom stereocenters. The fourth-order valence-corrected chi connectivity index (χ4v) is 2.85. The van der Waals surface area contributed by atoms with Crippen LogP contribution in [0.2, 0.25) is 0 Å². The minimum atomic E-state index is -1.57. The first-order chi connectivity index (χ1) is 16.2. The van der Waals surface area contributed by atoms with Gasteiger partial charge in [-0.15, -0.1) is 0 Å². The molecule has 0 radical (unpaired) electrons. The number of carbonyl (C=O) groups excluding carboxylic acids is 6. The molecule has 0 saturated carbocycles. The number of aliphatic carboxylic acids is 1. The molecule has 0 unspecified atom stereocenters. The van der Waals surface area contributed by atoms with Crippen LogP contribution in [-0.4, -0.2) is 77.1 Å². The molecule has 9 N–H and O–H groups in total.